The van der Waals surface area contributed by atoms with Crippen LogP contribution < -0.4 is 4.74 Å². The molecule has 0 saturated carbocycles. The number of fused-ring (bicyclic) bond motifs is 1. The van der Waals surface area contributed by atoms with E-state index in [0.717, 1.165) is 21.3 Å². The third kappa shape index (κ3) is 5.44. The van der Waals surface area contributed by atoms with Crippen molar-refractivity contribution in [3.05, 3.63) is 36.0 Å². The summed E-state index contributed by atoms with van der Waals surface area (Å²) in [5, 5.41) is 1.98. The van der Waals surface area contributed by atoms with Gasteiger partial charge in [0.05, 0.1) is 10.4 Å². The van der Waals surface area contributed by atoms with Gasteiger partial charge in [0.15, 0.2) is 9.84 Å². The maximum atomic E-state index is 12.3. The predicted octanol–water partition coefficient (Wildman–Crippen LogP) is 4.54. The number of piperidine rings is 1. The van der Waals surface area contributed by atoms with Crippen LogP contribution in [0.3, 0.4) is 0 Å². The van der Waals surface area contributed by atoms with Crippen LogP contribution in [0.5, 0.6) is 5.88 Å². The van der Waals surface area contributed by atoms with E-state index in [2.05, 4.69) is 9.97 Å². The molecule has 33 heavy (non-hydrogen) atoms. The average Bonchev–Trinajstić information content (AvgIpc) is 3.18. The molecule has 1 aliphatic heterocycles. The highest BCUT2D eigenvalue weighted by atomic mass is 32.2. The summed E-state index contributed by atoms with van der Waals surface area (Å²) in [6.45, 7) is 6.70. The Bertz CT molecular complexity index is 1260. The molecule has 0 unspecified atom stereocenters. The molecular formula is C23H27N3O5S2. The van der Waals surface area contributed by atoms with E-state index < -0.39 is 15.4 Å². The molecule has 1 fully saturated rings. The highest BCUT2D eigenvalue weighted by Gasteiger charge is 2.28. The number of hydrogen-bond donors (Lipinski definition) is 0. The zero-order valence-electron chi connectivity index (χ0n) is 19.1. The number of benzene rings is 1. The lowest BCUT2D eigenvalue weighted by molar-refractivity contribution is 0.0124. The van der Waals surface area contributed by atoms with Crippen LogP contribution in [0.4, 0.5) is 4.79 Å². The summed E-state index contributed by atoms with van der Waals surface area (Å²) in [5.41, 5.74) is 2.04. The molecule has 0 atom stereocenters. The normalized spacial score (nSPS) is 15.6. The van der Waals surface area contributed by atoms with Gasteiger partial charge in [0.25, 0.3) is 0 Å². The fourth-order valence-electron chi connectivity index (χ4n) is 3.64. The molecule has 0 radical (unpaired) electrons. The molecule has 0 aliphatic carbocycles. The second-order valence-corrected chi connectivity index (χ2v) is 12.0. The van der Waals surface area contributed by atoms with Gasteiger partial charge in [-0.05, 0) is 38.5 Å². The van der Waals surface area contributed by atoms with Gasteiger partial charge in [-0.15, -0.1) is 11.3 Å². The second kappa shape index (κ2) is 8.90. The highest BCUT2D eigenvalue weighted by Crippen LogP contribution is 2.37. The summed E-state index contributed by atoms with van der Waals surface area (Å²) in [7, 11) is -3.25. The fraction of sp³-hybridized carbons (Fsp3) is 0.435. The first-order valence-electron chi connectivity index (χ1n) is 10.7. The van der Waals surface area contributed by atoms with E-state index in [1.165, 1.54) is 23.9 Å². The molecule has 0 spiro atoms. The number of rotatable bonds is 4. The van der Waals surface area contributed by atoms with Gasteiger partial charge >= 0.3 is 6.09 Å². The number of thiophene rings is 1. The number of amides is 1. The summed E-state index contributed by atoms with van der Waals surface area (Å²) in [6, 6.07) is 6.77. The van der Waals surface area contributed by atoms with Gasteiger partial charge in [0.2, 0.25) is 5.88 Å². The molecule has 3 heterocycles. The second-order valence-electron chi connectivity index (χ2n) is 9.09. The molecule has 3 aromatic rings. The predicted molar refractivity (Wildman–Crippen MR) is 127 cm³/mol. The molecule has 1 saturated heterocycles. The van der Waals surface area contributed by atoms with Crippen LogP contribution in [0.15, 0.2) is 40.9 Å². The van der Waals surface area contributed by atoms with Crippen molar-refractivity contribution in [2.75, 3.05) is 19.3 Å². The van der Waals surface area contributed by atoms with E-state index in [1.54, 1.807) is 29.2 Å². The number of likely N-dealkylation sites (tertiary alicyclic amines) is 1. The maximum Gasteiger partial charge on any atom is 0.410 e. The van der Waals surface area contributed by atoms with Crippen LogP contribution in [0.25, 0.3) is 21.3 Å². The van der Waals surface area contributed by atoms with Crippen molar-refractivity contribution in [2.45, 2.75) is 50.2 Å². The smallest absolute Gasteiger partial charge is 0.410 e. The third-order valence-electron chi connectivity index (χ3n) is 5.29. The molecule has 1 aromatic carbocycles. The van der Waals surface area contributed by atoms with Crippen molar-refractivity contribution in [3.63, 3.8) is 0 Å². The first-order valence-corrected chi connectivity index (χ1v) is 13.5. The fourth-order valence-corrected chi connectivity index (χ4v) is 5.23. The van der Waals surface area contributed by atoms with Crippen LogP contribution in [0, 0.1) is 0 Å². The Labute approximate surface area is 197 Å². The first kappa shape index (κ1) is 23.4. The van der Waals surface area contributed by atoms with E-state index in [9.17, 15) is 13.2 Å². The SMILES string of the molecule is CC(C)(C)OC(=O)N1CCC(Oc2ncnc3c(-c4ccc(S(C)(=O)=O)cc4)csc23)CC1. The van der Waals surface area contributed by atoms with Gasteiger partial charge < -0.3 is 14.4 Å². The van der Waals surface area contributed by atoms with E-state index in [-0.39, 0.29) is 17.1 Å². The minimum absolute atomic E-state index is 0.0543. The number of carbonyl (C=O) groups is 1. The highest BCUT2D eigenvalue weighted by molar-refractivity contribution is 7.90. The van der Waals surface area contributed by atoms with Gasteiger partial charge in [0.1, 0.15) is 22.7 Å². The van der Waals surface area contributed by atoms with Crippen LogP contribution in [-0.2, 0) is 14.6 Å². The Morgan fingerprint density at radius 1 is 1.12 bits per heavy atom. The molecule has 0 bridgehead atoms. The number of aromatic nitrogens is 2. The van der Waals surface area contributed by atoms with Crippen LogP contribution in [-0.4, -0.2) is 60.4 Å². The third-order valence-corrected chi connectivity index (χ3v) is 7.37. The molecule has 0 N–H and O–H groups in total. The van der Waals surface area contributed by atoms with Gasteiger partial charge in [-0.2, -0.15) is 0 Å². The number of hydrogen-bond acceptors (Lipinski definition) is 8. The molecule has 1 aliphatic rings. The molecule has 8 nitrogen and oxygen atoms in total. The van der Waals surface area contributed by atoms with Crippen molar-refractivity contribution < 1.29 is 22.7 Å². The molecule has 2 aromatic heterocycles. The molecule has 1 amide bonds. The zero-order valence-corrected chi connectivity index (χ0v) is 20.7. The van der Waals surface area contributed by atoms with Crippen LogP contribution in [0.2, 0.25) is 0 Å². The Balaban J connectivity index is 1.47. The van der Waals surface area contributed by atoms with Gasteiger partial charge in [-0.1, -0.05) is 12.1 Å². The van der Waals surface area contributed by atoms with E-state index in [1.807, 2.05) is 26.2 Å². The lowest BCUT2D eigenvalue weighted by atomic mass is 10.1. The summed E-state index contributed by atoms with van der Waals surface area (Å²) in [6.07, 6.45) is 3.70. The number of carbonyl (C=O) groups excluding carboxylic acids is 1. The van der Waals surface area contributed by atoms with E-state index in [0.29, 0.717) is 31.8 Å². The van der Waals surface area contributed by atoms with Crippen molar-refractivity contribution in [3.8, 4) is 17.0 Å². The Morgan fingerprint density at radius 3 is 2.39 bits per heavy atom. The quantitative estimate of drug-likeness (QED) is 0.530. The van der Waals surface area contributed by atoms with Crippen molar-refractivity contribution >= 4 is 37.5 Å². The average molecular weight is 490 g/mol. The van der Waals surface area contributed by atoms with Crippen LogP contribution >= 0.6 is 11.3 Å². The molecule has 10 heteroatoms. The number of sulfone groups is 1. The lowest BCUT2D eigenvalue weighted by Gasteiger charge is -2.33. The number of ether oxygens (including phenoxy) is 2. The van der Waals surface area contributed by atoms with Crippen molar-refractivity contribution in [1.29, 1.82) is 0 Å². The summed E-state index contributed by atoms with van der Waals surface area (Å²) in [5.74, 6) is 0.528. The van der Waals surface area contributed by atoms with Crippen molar-refractivity contribution in [2.24, 2.45) is 0 Å². The Hall–Kier alpha value is -2.72. The standard InChI is InChI=1S/C23H27N3O5S2/c1-23(2,3)31-22(27)26-11-9-16(10-12-26)30-21-20-19(24-14-25-21)18(13-32-20)15-5-7-17(8-6-15)33(4,28)29/h5-8,13-14,16H,9-12H2,1-4H3. The summed E-state index contributed by atoms with van der Waals surface area (Å²) >= 11 is 1.49. The Morgan fingerprint density at radius 2 is 1.79 bits per heavy atom. The number of nitrogens with zero attached hydrogens (tertiary/aromatic N) is 3. The van der Waals surface area contributed by atoms with Crippen LogP contribution in [0.1, 0.15) is 33.6 Å². The lowest BCUT2D eigenvalue weighted by Crippen LogP contribution is -2.44. The summed E-state index contributed by atoms with van der Waals surface area (Å²) in [4.78, 5) is 23.1. The van der Waals surface area contributed by atoms with Gasteiger partial charge in [0, 0.05) is 43.1 Å². The molecule has 176 valence electrons. The molecular weight excluding hydrogens is 462 g/mol. The van der Waals surface area contributed by atoms with Gasteiger partial charge in [-0.25, -0.2) is 23.2 Å². The summed E-state index contributed by atoms with van der Waals surface area (Å²) < 4.78 is 36.0. The molecule has 4 rings (SSSR count). The van der Waals surface area contributed by atoms with E-state index in [4.69, 9.17) is 9.47 Å². The van der Waals surface area contributed by atoms with Gasteiger partial charge in [-0.3, -0.25) is 0 Å². The van der Waals surface area contributed by atoms with E-state index >= 15 is 0 Å². The Kier molecular flexibility index (Phi) is 6.32. The van der Waals surface area contributed by atoms with Crippen molar-refractivity contribution in [1.82, 2.24) is 14.9 Å². The minimum Gasteiger partial charge on any atom is -0.473 e. The maximum absolute atomic E-state index is 12.3. The monoisotopic (exact) mass is 489 g/mol. The zero-order chi connectivity index (χ0) is 23.8. The first-order chi connectivity index (χ1) is 15.5. The largest absolute Gasteiger partial charge is 0.473 e. The topological polar surface area (TPSA) is 98.7 Å². The minimum atomic E-state index is -3.25.